The molecule has 1 aromatic rings. The van der Waals surface area contributed by atoms with E-state index in [-0.39, 0.29) is 6.42 Å². The van der Waals surface area contributed by atoms with Gasteiger partial charge in [-0.15, -0.1) is 12.3 Å². The van der Waals surface area contributed by atoms with E-state index in [0.717, 1.165) is 0 Å². The van der Waals surface area contributed by atoms with Gasteiger partial charge in [-0.05, 0) is 12.1 Å². The summed E-state index contributed by atoms with van der Waals surface area (Å²) in [6.07, 6.45) is 5.60. The van der Waals surface area contributed by atoms with Crippen molar-refractivity contribution in [1.82, 2.24) is 5.32 Å². The Kier molecular flexibility index (Phi) is 4.61. The van der Waals surface area contributed by atoms with Gasteiger partial charge in [-0.3, -0.25) is 4.79 Å². The molecule has 0 fully saturated rings. The summed E-state index contributed by atoms with van der Waals surface area (Å²) in [6.45, 7) is 0. The summed E-state index contributed by atoms with van der Waals surface area (Å²) in [5, 5.41) is 2.31. The highest BCUT2D eigenvalue weighted by molar-refractivity contribution is 5.80. The number of hydrogen-bond acceptors (Lipinski definition) is 3. The summed E-state index contributed by atoms with van der Waals surface area (Å²) in [4.78, 5) is 21.8. The molecule has 0 aliphatic carbocycles. The van der Waals surface area contributed by atoms with E-state index in [2.05, 4.69) is 11.2 Å². The summed E-state index contributed by atoms with van der Waals surface area (Å²) in [5.74, 6) is 2.14. The Morgan fingerprint density at radius 3 is 2.75 bits per heavy atom. The highest BCUT2D eigenvalue weighted by atomic mass is 16.5. The number of carbonyl (C=O) groups excluding carboxylic acids is 2. The number of hydrogen-bond donors (Lipinski definition) is 1. The molecule has 0 saturated heterocycles. The Morgan fingerprint density at radius 1 is 1.50 bits per heavy atom. The fourth-order valence-corrected chi connectivity index (χ4v) is 1.09. The second kappa shape index (κ2) is 6.25. The SMILES string of the molecule is C#CCC(NC=O)C(=O)Oc1ccccc1. The van der Waals surface area contributed by atoms with Gasteiger partial charge >= 0.3 is 5.97 Å². The van der Waals surface area contributed by atoms with E-state index < -0.39 is 12.0 Å². The first-order chi connectivity index (χ1) is 7.77. The standard InChI is InChI=1S/C12H11NO3/c1-2-6-11(13-9-14)12(15)16-10-7-4-3-5-8-10/h1,3-5,7-9,11H,6H2,(H,13,14). The fourth-order valence-electron chi connectivity index (χ4n) is 1.09. The predicted octanol–water partition coefficient (Wildman–Crippen LogP) is 0.730. The van der Waals surface area contributed by atoms with Crippen LogP contribution in [0.1, 0.15) is 6.42 Å². The summed E-state index contributed by atoms with van der Waals surface area (Å²) >= 11 is 0. The van der Waals surface area contributed by atoms with Gasteiger partial charge in [-0.25, -0.2) is 4.79 Å². The Hall–Kier alpha value is -2.28. The molecule has 16 heavy (non-hydrogen) atoms. The van der Waals surface area contributed by atoms with Crippen LogP contribution in [-0.4, -0.2) is 18.4 Å². The van der Waals surface area contributed by atoms with Crippen molar-refractivity contribution in [1.29, 1.82) is 0 Å². The normalized spacial score (nSPS) is 10.9. The topological polar surface area (TPSA) is 55.4 Å². The predicted molar refractivity (Wildman–Crippen MR) is 58.5 cm³/mol. The lowest BCUT2D eigenvalue weighted by atomic mass is 10.2. The molecule has 1 N–H and O–H groups in total. The molecule has 1 rings (SSSR count). The molecule has 0 bridgehead atoms. The number of esters is 1. The molecule has 1 unspecified atom stereocenters. The molecular formula is C12H11NO3. The zero-order valence-electron chi connectivity index (χ0n) is 8.55. The summed E-state index contributed by atoms with van der Waals surface area (Å²) in [6, 6.07) is 7.78. The number of benzene rings is 1. The van der Waals surface area contributed by atoms with Gasteiger partial charge in [0, 0.05) is 6.42 Å². The van der Waals surface area contributed by atoms with Crippen LogP contribution in [0.15, 0.2) is 30.3 Å². The average molecular weight is 217 g/mol. The van der Waals surface area contributed by atoms with Gasteiger partial charge in [0.15, 0.2) is 0 Å². The monoisotopic (exact) mass is 217 g/mol. The van der Waals surface area contributed by atoms with Crippen molar-refractivity contribution >= 4 is 12.4 Å². The minimum absolute atomic E-state index is 0.102. The van der Waals surface area contributed by atoms with Crippen molar-refractivity contribution in [2.75, 3.05) is 0 Å². The number of carbonyl (C=O) groups is 2. The molecular weight excluding hydrogens is 206 g/mol. The van der Waals surface area contributed by atoms with Crippen LogP contribution >= 0.6 is 0 Å². The van der Waals surface area contributed by atoms with Crippen molar-refractivity contribution in [3.63, 3.8) is 0 Å². The zero-order chi connectivity index (χ0) is 11.8. The van der Waals surface area contributed by atoms with Gasteiger partial charge in [-0.2, -0.15) is 0 Å². The summed E-state index contributed by atoms with van der Waals surface area (Å²) in [5.41, 5.74) is 0. The smallest absolute Gasteiger partial charge is 0.335 e. The largest absolute Gasteiger partial charge is 0.425 e. The third kappa shape index (κ3) is 3.46. The summed E-state index contributed by atoms with van der Waals surface area (Å²) in [7, 11) is 0. The fraction of sp³-hybridized carbons (Fsp3) is 0.167. The maximum atomic E-state index is 11.6. The first-order valence-electron chi connectivity index (χ1n) is 4.68. The number of ether oxygens (including phenoxy) is 1. The summed E-state index contributed by atoms with van der Waals surface area (Å²) < 4.78 is 5.03. The number of rotatable bonds is 5. The van der Waals surface area contributed by atoms with Crippen LogP contribution in [-0.2, 0) is 9.59 Å². The van der Waals surface area contributed by atoms with Gasteiger partial charge in [0.1, 0.15) is 11.8 Å². The van der Waals surface area contributed by atoms with Crippen LogP contribution in [0, 0.1) is 12.3 Å². The second-order valence-corrected chi connectivity index (χ2v) is 2.98. The number of para-hydroxylation sites is 1. The van der Waals surface area contributed by atoms with Crippen molar-refractivity contribution in [3.8, 4) is 18.1 Å². The van der Waals surface area contributed by atoms with Gasteiger partial charge in [0.2, 0.25) is 6.41 Å². The van der Waals surface area contributed by atoms with Gasteiger partial charge in [-0.1, -0.05) is 18.2 Å². The van der Waals surface area contributed by atoms with Gasteiger partial charge in [0.05, 0.1) is 0 Å². The lowest BCUT2D eigenvalue weighted by Gasteiger charge is -2.11. The number of nitrogens with one attached hydrogen (secondary N) is 1. The van der Waals surface area contributed by atoms with Crippen molar-refractivity contribution in [2.45, 2.75) is 12.5 Å². The Bertz CT molecular complexity index is 394. The Morgan fingerprint density at radius 2 is 2.19 bits per heavy atom. The highest BCUT2D eigenvalue weighted by Crippen LogP contribution is 2.09. The lowest BCUT2D eigenvalue weighted by Crippen LogP contribution is -2.38. The van der Waals surface area contributed by atoms with E-state index in [0.29, 0.717) is 12.2 Å². The molecule has 0 aliphatic rings. The third-order valence-electron chi connectivity index (χ3n) is 1.84. The molecule has 82 valence electrons. The second-order valence-electron chi connectivity index (χ2n) is 2.98. The third-order valence-corrected chi connectivity index (χ3v) is 1.84. The van der Waals surface area contributed by atoms with E-state index in [4.69, 9.17) is 11.2 Å². The minimum Gasteiger partial charge on any atom is -0.425 e. The maximum Gasteiger partial charge on any atom is 0.335 e. The van der Waals surface area contributed by atoms with E-state index >= 15 is 0 Å². The first kappa shape index (κ1) is 11.8. The molecule has 0 radical (unpaired) electrons. The Balaban J connectivity index is 2.62. The molecule has 0 aliphatic heterocycles. The zero-order valence-corrected chi connectivity index (χ0v) is 8.55. The van der Waals surface area contributed by atoms with Gasteiger partial charge < -0.3 is 10.1 Å². The maximum absolute atomic E-state index is 11.6. The van der Waals surface area contributed by atoms with Crippen molar-refractivity contribution < 1.29 is 14.3 Å². The number of amides is 1. The average Bonchev–Trinajstić information content (AvgIpc) is 2.30. The van der Waals surface area contributed by atoms with Crippen LogP contribution in [0.2, 0.25) is 0 Å². The highest BCUT2D eigenvalue weighted by Gasteiger charge is 2.18. The van der Waals surface area contributed by atoms with Crippen LogP contribution in [0.25, 0.3) is 0 Å². The van der Waals surface area contributed by atoms with E-state index in [1.54, 1.807) is 30.3 Å². The molecule has 1 aromatic carbocycles. The number of terminal acetylenes is 1. The Labute approximate surface area is 93.6 Å². The van der Waals surface area contributed by atoms with E-state index in [1.165, 1.54) is 0 Å². The van der Waals surface area contributed by atoms with Crippen molar-refractivity contribution in [2.24, 2.45) is 0 Å². The molecule has 0 spiro atoms. The van der Waals surface area contributed by atoms with Crippen LogP contribution in [0.4, 0.5) is 0 Å². The molecule has 1 amide bonds. The van der Waals surface area contributed by atoms with Gasteiger partial charge in [0.25, 0.3) is 0 Å². The van der Waals surface area contributed by atoms with Crippen molar-refractivity contribution in [3.05, 3.63) is 30.3 Å². The van der Waals surface area contributed by atoms with Crippen LogP contribution in [0.5, 0.6) is 5.75 Å². The molecule has 0 heterocycles. The quantitative estimate of drug-likeness (QED) is 0.342. The first-order valence-corrected chi connectivity index (χ1v) is 4.68. The van der Waals surface area contributed by atoms with Crippen LogP contribution in [0.3, 0.4) is 0 Å². The molecule has 1 atom stereocenters. The molecule has 0 aromatic heterocycles. The molecule has 4 heteroatoms. The molecule has 4 nitrogen and oxygen atoms in total. The minimum atomic E-state index is -0.803. The van der Waals surface area contributed by atoms with E-state index in [9.17, 15) is 9.59 Å². The van der Waals surface area contributed by atoms with Crippen LogP contribution < -0.4 is 10.1 Å². The van der Waals surface area contributed by atoms with E-state index in [1.807, 2.05) is 0 Å². The molecule has 0 saturated carbocycles. The lowest BCUT2D eigenvalue weighted by molar-refractivity contribution is -0.137.